The number of ether oxygens (including phenoxy) is 1. The first kappa shape index (κ1) is 35.5. The number of anilines is 2. The lowest BCUT2D eigenvalue weighted by Crippen LogP contribution is -2.49. The number of benzene rings is 3. The third-order valence-electron chi connectivity index (χ3n) is 8.90. The largest absolute Gasteiger partial charge is 0.380 e. The van der Waals surface area contributed by atoms with E-state index in [0.717, 1.165) is 19.3 Å². The zero-order valence-electron chi connectivity index (χ0n) is 27.5. The highest BCUT2D eigenvalue weighted by Gasteiger charge is 2.42. The van der Waals surface area contributed by atoms with Gasteiger partial charge in [-0.05, 0) is 99.2 Å². The maximum absolute atomic E-state index is 15.6. The molecule has 0 aromatic heterocycles. The van der Waals surface area contributed by atoms with Crippen LogP contribution in [-0.4, -0.2) is 51.6 Å². The highest BCUT2D eigenvalue weighted by Crippen LogP contribution is 2.43. The summed E-state index contributed by atoms with van der Waals surface area (Å²) in [4.78, 5) is 28.5. The molecule has 254 valence electrons. The fraction of sp³-hybridized carbons (Fsp3) is 0.417. The molecule has 0 bridgehead atoms. The average molecular weight is 694 g/mol. The molecule has 9 nitrogen and oxygen atoms in total. The Labute approximate surface area is 288 Å². The van der Waals surface area contributed by atoms with Crippen LogP contribution in [-0.2, 0) is 26.1 Å². The number of urea groups is 1. The molecule has 0 radical (unpaired) electrons. The van der Waals surface area contributed by atoms with E-state index < -0.39 is 51.2 Å². The lowest BCUT2D eigenvalue weighted by atomic mass is 9.79. The van der Waals surface area contributed by atoms with E-state index in [0.29, 0.717) is 39.7 Å². The van der Waals surface area contributed by atoms with Crippen molar-refractivity contribution in [2.45, 2.75) is 75.3 Å². The molecule has 3 aromatic carbocycles. The summed E-state index contributed by atoms with van der Waals surface area (Å²) >= 11 is 5.98. The van der Waals surface area contributed by atoms with Crippen LogP contribution in [0.2, 0.25) is 5.02 Å². The number of rotatable bonds is 11. The van der Waals surface area contributed by atoms with Crippen molar-refractivity contribution in [1.29, 1.82) is 5.26 Å². The molecule has 1 heterocycles. The van der Waals surface area contributed by atoms with Gasteiger partial charge in [-0.15, -0.1) is 0 Å². The van der Waals surface area contributed by atoms with Crippen LogP contribution in [0.3, 0.4) is 0 Å². The van der Waals surface area contributed by atoms with Crippen molar-refractivity contribution < 1.29 is 22.9 Å². The van der Waals surface area contributed by atoms with E-state index in [-0.39, 0.29) is 18.7 Å². The van der Waals surface area contributed by atoms with Gasteiger partial charge in [0, 0.05) is 30.8 Å². The van der Waals surface area contributed by atoms with E-state index in [1.807, 2.05) is 26.8 Å². The second-order valence-corrected chi connectivity index (χ2v) is 15.8. The third-order valence-corrected chi connectivity index (χ3v) is 10.8. The summed E-state index contributed by atoms with van der Waals surface area (Å²) in [7, 11) is -0.0408. The van der Waals surface area contributed by atoms with Gasteiger partial charge in [0.15, 0.2) is 0 Å². The minimum Gasteiger partial charge on any atom is -0.380 e. The van der Waals surface area contributed by atoms with Gasteiger partial charge in [0.1, 0.15) is 11.9 Å². The first-order valence-corrected chi connectivity index (χ1v) is 17.5. The minimum atomic E-state index is -1.56. The smallest absolute Gasteiger partial charge is 0.322 e. The van der Waals surface area contributed by atoms with Crippen molar-refractivity contribution in [3.05, 3.63) is 94.3 Å². The summed E-state index contributed by atoms with van der Waals surface area (Å²) in [5, 5.41) is 15.8. The Morgan fingerprint density at radius 1 is 1.06 bits per heavy atom. The van der Waals surface area contributed by atoms with Crippen LogP contribution in [0.15, 0.2) is 66.7 Å². The van der Waals surface area contributed by atoms with Gasteiger partial charge in [0.2, 0.25) is 5.91 Å². The van der Waals surface area contributed by atoms with Gasteiger partial charge in [-0.1, -0.05) is 42.6 Å². The van der Waals surface area contributed by atoms with E-state index in [2.05, 4.69) is 21.4 Å². The molecule has 3 N–H and O–H groups in total. The Kier molecular flexibility index (Phi) is 10.9. The lowest BCUT2D eigenvalue weighted by Gasteiger charge is -2.38. The molecule has 1 aliphatic carbocycles. The van der Waals surface area contributed by atoms with Crippen molar-refractivity contribution in [2.75, 3.05) is 24.3 Å². The topological polar surface area (TPSA) is 124 Å². The summed E-state index contributed by atoms with van der Waals surface area (Å²) in [6, 6.07) is 19.0. The molecule has 2 aliphatic rings. The molecule has 1 aliphatic heterocycles. The molecule has 3 amide bonds. The fourth-order valence-electron chi connectivity index (χ4n) is 5.89. The zero-order valence-corrected chi connectivity index (χ0v) is 29.1. The maximum Gasteiger partial charge on any atom is 0.322 e. The summed E-state index contributed by atoms with van der Waals surface area (Å²) in [6.45, 7) is 5.77. The van der Waals surface area contributed by atoms with Crippen LogP contribution in [0.5, 0.6) is 0 Å². The number of methoxy groups -OCH3 is 1. The molecule has 12 heteroatoms. The van der Waals surface area contributed by atoms with E-state index in [1.54, 1.807) is 54.6 Å². The predicted octanol–water partition coefficient (Wildman–Crippen LogP) is 7.10. The molecule has 4 atom stereocenters. The van der Waals surface area contributed by atoms with Crippen LogP contribution in [0.25, 0.3) is 0 Å². The summed E-state index contributed by atoms with van der Waals surface area (Å²) in [5.74, 6) is -0.711. The normalized spacial score (nSPS) is 19.6. The number of halogens is 2. The molecule has 1 saturated carbocycles. The van der Waals surface area contributed by atoms with E-state index in [4.69, 9.17) is 16.3 Å². The highest BCUT2D eigenvalue weighted by atomic mass is 35.5. The highest BCUT2D eigenvalue weighted by molar-refractivity contribution is 7.84. The van der Waals surface area contributed by atoms with Crippen LogP contribution < -0.4 is 15.4 Å². The number of amides is 3. The number of carbonyl (C=O) groups excluding carboxylic acids is 2. The van der Waals surface area contributed by atoms with Crippen molar-refractivity contribution in [3.8, 4) is 6.07 Å². The Hall–Kier alpha value is -3.82. The minimum absolute atomic E-state index is 0.0769. The maximum atomic E-state index is 15.6. The fourth-order valence-corrected chi connectivity index (χ4v) is 6.98. The number of carbonyl (C=O) groups is 2. The predicted molar refractivity (Wildman–Crippen MR) is 186 cm³/mol. The molecule has 1 saturated heterocycles. The molecular weight excluding hydrogens is 653 g/mol. The van der Waals surface area contributed by atoms with Crippen LogP contribution >= 0.6 is 11.6 Å². The van der Waals surface area contributed by atoms with Gasteiger partial charge >= 0.3 is 6.03 Å². The van der Waals surface area contributed by atoms with Gasteiger partial charge in [-0.3, -0.25) is 4.79 Å². The molecular formula is C36H41ClFN5O4S. The van der Waals surface area contributed by atoms with Gasteiger partial charge in [-0.2, -0.15) is 5.26 Å². The third kappa shape index (κ3) is 8.24. The Morgan fingerprint density at radius 3 is 2.42 bits per heavy atom. The number of nitrogens with one attached hydrogen (secondary N) is 3. The molecule has 3 aromatic rings. The Balaban J connectivity index is 1.49. The molecule has 2 fully saturated rings. The Bertz CT molecular complexity index is 1720. The van der Waals surface area contributed by atoms with Gasteiger partial charge in [0.25, 0.3) is 0 Å². The van der Waals surface area contributed by atoms with Crippen molar-refractivity contribution in [2.24, 2.45) is 5.92 Å². The van der Waals surface area contributed by atoms with Crippen molar-refractivity contribution in [1.82, 2.24) is 9.62 Å². The quantitative estimate of drug-likeness (QED) is 0.198. The van der Waals surface area contributed by atoms with Crippen LogP contribution in [0.1, 0.15) is 69.6 Å². The van der Waals surface area contributed by atoms with Crippen LogP contribution in [0, 0.1) is 23.1 Å². The Morgan fingerprint density at radius 2 is 1.77 bits per heavy atom. The summed E-state index contributed by atoms with van der Waals surface area (Å²) in [6.07, 6.45) is 3.38. The second kappa shape index (κ2) is 14.7. The van der Waals surface area contributed by atoms with E-state index in [1.165, 1.54) is 18.1 Å². The average Bonchev–Trinajstić information content (AvgIpc) is 3.79. The SMILES string of the molecule is CO[C@H]1C[C@@H](C(=O)Nc2cc(C(CCC3CC3)(N[S@](=O)C(C)(C)C)c3cccc(C#N)c3)ccc2F)N(C(=O)Nc2ccc(Cl)cc2)C1. The molecule has 48 heavy (non-hydrogen) atoms. The lowest BCUT2D eigenvalue weighted by molar-refractivity contribution is -0.119. The molecule has 0 spiro atoms. The van der Waals surface area contributed by atoms with E-state index >= 15 is 4.39 Å². The number of likely N-dealkylation sites (tertiary alicyclic amines) is 1. The molecule has 1 unspecified atom stereocenters. The first-order valence-electron chi connectivity index (χ1n) is 16.0. The first-order chi connectivity index (χ1) is 22.8. The van der Waals surface area contributed by atoms with E-state index in [9.17, 15) is 19.1 Å². The molecule has 5 rings (SSSR count). The second-order valence-electron chi connectivity index (χ2n) is 13.4. The summed E-state index contributed by atoms with van der Waals surface area (Å²) < 4.78 is 37.6. The monoisotopic (exact) mass is 693 g/mol. The summed E-state index contributed by atoms with van der Waals surface area (Å²) in [5.41, 5.74) is 1.10. The number of hydrogen-bond acceptors (Lipinski definition) is 5. The van der Waals surface area contributed by atoms with Crippen molar-refractivity contribution in [3.63, 3.8) is 0 Å². The number of hydrogen-bond donors (Lipinski definition) is 3. The van der Waals surface area contributed by atoms with Gasteiger partial charge in [-0.25, -0.2) is 18.1 Å². The van der Waals surface area contributed by atoms with Gasteiger partial charge in [0.05, 0.1) is 44.7 Å². The number of nitriles is 1. The van der Waals surface area contributed by atoms with Crippen LogP contribution in [0.4, 0.5) is 20.6 Å². The zero-order chi connectivity index (χ0) is 34.6. The standard InChI is InChI=1S/C36H41ClFN5O4S/c1-35(2,3)48(46)42-36(17-16-23-8-9-23,25-7-5-6-24(18-25)21-39)26-10-15-30(38)31(19-26)41-33(44)32-20-29(47-4)22-43(32)34(45)40-28-13-11-27(37)12-14-28/h5-7,10-15,18-19,23,29,32,42H,8-9,16-17,20,22H2,1-4H3,(H,40,45)(H,41,44)/t29-,32-,36?,48+/m0/s1. The van der Waals surface area contributed by atoms with Gasteiger partial charge < -0.3 is 20.3 Å². The number of nitrogens with zero attached hydrogens (tertiary/aromatic N) is 2. The van der Waals surface area contributed by atoms with Crippen molar-refractivity contribution >= 4 is 45.9 Å².